The van der Waals surface area contributed by atoms with E-state index in [1.54, 1.807) is 25.3 Å². The van der Waals surface area contributed by atoms with Crippen molar-refractivity contribution in [2.24, 2.45) is 0 Å². The number of hydrogen-bond acceptors (Lipinski definition) is 3. The van der Waals surface area contributed by atoms with Gasteiger partial charge >= 0.3 is 6.09 Å². The smallest absolute Gasteiger partial charge is 0.415 e. The zero-order valence-corrected chi connectivity index (χ0v) is 9.06. The summed E-state index contributed by atoms with van der Waals surface area (Å²) in [6.45, 7) is 4.12. The second-order valence-corrected chi connectivity index (χ2v) is 3.77. The van der Waals surface area contributed by atoms with Gasteiger partial charge in [-0.25, -0.2) is 4.79 Å². The third-order valence-corrected chi connectivity index (χ3v) is 2.57. The molecule has 2 rings (SSSR count). The Kier molecular flexibility index (Phi) is 2.56. The summed E-state index contributed by atoms with van der Waals surface area (Å²) in [5, 5.41) is 9.70. The SMILES string of the molecule is C=CCc1c(O)ccc2c1OC(=O)N(C)C2. The summed E-state index contributed by atoms with van der Waals surface area (Å²) >= 11 is 0. The highest BCUT2D eigenvalue weighted by Gasteiger charge is 2.25. The minimum atomic E-state index is -0.400. The maximum absolute atomic E-state index is 11.4. The number of amides is 1. The van der Waals surface area contributed by atoms with Gasteiger partial charge in [-0.15, -0.1) is 6.58 Å². The summed E-state index contributed by atoms with van der Waals surface area (Å²) in [6, 6.07) is 3.38. The van der Waals surface area contributed by atoms with E-state index in [1.807, 2.05) is 0 Å². The molecule has 84 valence electrons. The van der Waals surface area contributed by atoms with E-state index in [2.05, 4.69) is 6.58 Å². The maximum Gasteiger partial charge on any atom is 0.415 e. The number of benzene rings is 1. The topological polar surface area (TPSA) is 49.8 Å². The molecular weight excluding hydrogens is 206 g/mol. The number of rotatable bonds is 2. The highest BCUT2D eigenvalue weighted by molar-refractivity contribution is 5.74. The zero-order chi connectivity index (χ0) is 11.7. The average Bonchev–Trinajstić information content (AvgIpc) is 2.25. The third kappa shape index (κ3) is 1.62. The van der Waals surface area contributed by atoms with E-state index in [9.17, 15) is 9.90 Å². The minimum Gasteiger partial charge on any atom is -0.508 e. The van der Waals surface area contributed by atoms with E-state index in [1.165, 1.54) is 4.90 Å². The minimum absolute atomic E-state index is 0.135. The number of ether oxygens (including phenoxy) is 1. The Balaban J connectivity index is 2.51. The van der Waals surface area contributed by atoms with Gasteiger partial charge in [0.25, 0.3) is 0 Å². The first-order chi connectivity index (χ1) is 7.63. The van der Waals surface area contributed by atoms with Gasteiger partial charge in [-0.3, -0.25) is 0 Å². The standard InChI is InChI=1S/C12H13NO3/c1-3-4-9-10(14)6-5-8-7-13(2)12(15)16-11(8)9/h3,5-6,14H,1,4,7H2,2H3. The number of phenolic OH excluding ortho intramolecular Hbond substituents is 1. The van der Waals surface area contributed by atoms with Crippen LogP contribution in [0.25, 0.3) is 0 Å². The molecule has 4 heteroatoms. The van der Waals surface area contributed by atoms with Gasteiger partial charge in [0.1, 0.15) is 11.5 Å². The van der Waals surface area contributed by atoms with Crippen LogP contribution in [-0.2, 0) is 13.0 Å². The molecule has 1 heterocycles. The summed E-state index contributed by atoms with van der Waals surface area (Å²) in [5.41, 5.74) is 1.52. The van der Waals surface area contributed by atoms with E-state index in [0.29, 0.717) is 24.3 Å². The molecular formula is C12H13NO3. The maximum atomic E-state index is 11.4. The summed E-state index contributed by atoms with van der Waals surface area (Å²) < 4.78 is 5.19. The largest absolute Gasteiger partial charge is 0.508 e. The number of carbonyl (C=O) groups excluding carboxylic acids is 1. The molecule has 0 bridgehead atoms. The van der Waals surface area contributed by atoms with Gasteiger partial charge in [0, 0.05) is 18.2 Å². The first kappa shape index (κ1) is 10.5. The van der Waals surface area contributed by atoms with E-state index in [-0.39, 0.29) is 5.75 Å². The van der Waals surface area contributed by atoms with Crippen molar-refractivity contribution in [3.8, 4) is 11.5 Å². The normalized spacial score (nSPS) is 14.3. The Bertz CT molecular complexity index is 454. The van der Waals surface area contributed by atoms with Crippen LogP contribution in [-0.4, -0.2) is 23.1 Å². The molecule has 1 N–H and O–H groups in total. The number of carbonyl (C=O) groups is 1. The fraction of sp³-hybridized carbons (Fsp3) is 0.250. The van der Waals surface area contributed by atoms with Crippen molar-refractivity contribution in [2.45, 2.75) is 13.0 Å². The first-order valence-corrected chi connectivity index (χ1v) is 5.01. The number of phenols is 1. The molecule has 1 amide bonds. The van der Waals surface area contributed by atoms with Gasteiger partial charge in [0.2, 0.25) is 0 Å². The molecule has 1 aliphatic rings. The Labute approximate surface area is 93.8 Å². The Morgan fingerprint density at radius 2 is 2.38 bits per heavy atom. The molecule has 0 unspecified atom stereocenters. The van der Waals surface area contributed by atoms with Crippen molar-refractivity contribution in [2.75, 3.05) is 7.05 Å². The second kappa shape index (κ2) is 3.89. The summed E-state index contributed by atoms with van der Waals surface area (Å²) in [6.07, 6.45) is 1.75. The molecule has 4 nitrogen and oxygen atoms in total. The summed E-state index contributed by atoms with van der Waals surface area (Å²) in [7, 11) is 1.67. The van der Waals surface area contributed by atoms with Crippen LogP contribution < -0.4 is 4.74 Å². The number of fused-ring (bicyclic) bond motifs is 1. The third-order valence-electron chi connectivity index (χ3n) is 2.57. The highest BCUT2D eigenvalue weighted by Crippen LogP contribution is 2.35. The van der Waals surface area contributed by atoms with Crippen molar-refractivity contribution in [1.29, 1.82) is 0 Å². The van der Waals surface area contributed by atoms with Crippen LogP contribution in [0.4, 0.5) is 4.79 Å². The van der Waals surface area contributed by atoms with E-state index in [4.69, 9.17) is 4.74 Å². The number of allylic oxidation sites excluding steroid dienone is 1. The molecule has 0 aliphatic carbocycles. The molecule has 1 aromatic rings. The van der Waals surface area contributed by atoms with Gasteiger partial charge in [-0.1, -0.05) is 6.08 Å². The molecule has 0 spiro atoms. The predicted molar refractivity (Wildman–Crippen MR) is 59.5 cm³/mol. The highest BCUT2D eigenvalue weighted by atomic mass is 16.6. The van der Waals surface area contributed by atoms with Crippen LogP contribution in [0.3, 0.4) is 0 Å². The molecule has 0 saturated carbocycles. The molecule has 0 aromatic heterocycles. The lowest BCUT2D eigenvalue weighted by Crippen LogP contribution is -2.34. The van der Waals surface area contributed by atoms with Crippen molar-refractivity contribution in [3.05, 3.63) is 35.9 Å². The van der Waals surface area contributed by atoms with Gasteiger partial charge < -0.3 is 14.7 Å². The fourth-order valence-corrected chi connectivity index (χ4v) is 1.74. The van der Waals surface area contributed by atoms with Crippen molar-refractivity contribution < 1.29 is 14.6 Å². The van der Waals surface area contributed by atoms with E-state index in [0.717, 1.165) is 5.56 Å². The first-order valence-electron chi connectivity index (χ1n) is 5.01. The van der Waals surface area contributed by atoms with Gasteiger partial charge in [-0.05, 0) is 18.6 Å². The van der Waals surface area contributed by atoms with Crippen LogP contribution in [0.1, 0.15) is 11.1 Å². The number of hydrogen-bond donors (Lipinski definition) is 1. The van der Waals surface area contributed by atoms with Crippen molar-refractivity contribution in [3.63, 3.8) is 0 Å². The van der Waals surface area contributed by atoms with Crippen LogP contribution in [0.5, 0.6) is 11.5 Å². The second-order valence-electron chi connectivity index (χ2n) is 3.77. The lowest BCUT2D eigenvalue weighted by atomic mass is 10.0. The van der Waals surface area contributed by atoms with Gasteiger partial charge in [0.15, 0.2) is 0 Å². The summed E-state index contributed by atoms with van der Waals surface area (Å²) in [4.78, 5) is 12.9. The Morgan fingerprint density at radius 3 is 3.06 bits per heavy atom. The number of nitrogens with zero attached hydrogens (tertiary/aromatic N) is 1. The molecule has 1 aromatic carbocycles. The average molecular weight is 219 g/mol. The van der Waals surface area contributed by atoms with Crippen LogP contribution in [0.2, 0.25) is 0 Å². The molecule has 0 radical (unpaired) electrons. The van der Waals surface area contributed by atoms with Crippen LogP contribution in [0, 0.1) is 0 Å². The van der Waals surface area contributed by atoms with Crippen molar-refractivity contribution in [1.82, 2.24) is 4.90 Å². The lowest BCUT2D eigenvalue weighted by Gasteiger charge is -2.26. The lowest BCUT2D eigenvalue weighted by molar-refractivity contribution is 0.150. The van der Waals surface area contributed by atoms with Crippen LogP contribution in [0.15, 0.2) is 24.8 Å². The van der Waals surface area contributed by atoms with E-state index >= 15 is 0 Å². The Hall–Kier alpha value is -1.97. The fourth-order valence-electron chi connectivity index (χ4n) is 1.74. The van der Waals surface area contributed by atoms with Gasteiger partial charge in [-0.2, -0.15) is 0 Å². The Morgan fingerprint density at radius 1 is 1.62 bits per heavy atom. The zero-order valence-electron chi connectivity index (χ0n) is 9.06. The summed E-state index contributed by atoms with van der Waals surface area (Å²) in [5.74, 6) is 0.610. The predicted octanol–water partition coefficient (Wildman–Crippen LogP) is 2.06. The monoisotopic (exact) mass is 219 g/mol. The molecule has 1 aliphatic heterocycles. The molecule has 0 saturated heterocycles. The van der Waals surface area contributed by atoms with E-state index < -0.39 is 6.09 Å². The van der Waals surface area contributed by atoms with Gasteiger partial charge in [0.05, 0.1) is 6.54 Å². The molecule has 16 heavy (non-hydrogen) atoms. The quantitative estimate of drug-likeness (QED) is 0.774. The molecule has 0 fully saturated rings. The molecule has 0 atom stereocenters. The van der Waals surface area contributed by atoms with Crippen molar-refractivity contribution >= 4 is 6.09 Å². The number of aromatic hydroxyl groups is 1. The van der Waals surface area contributed by atoms with Crippen LogP contribution >= 0.6 is 0 Å².